The third-order valence-corrected chi connectivity index (χ3v) is 3.47. The highest BCUT2D eigenvalue weighted by atomic mass is 16.3. The summed E-state index contributed by atoms with van der Waals surface area (Å²) in [5.41, 5.74) is 1.35. The van der Waals surface area contributed by atoms with Crippen LogP contribution in [0, 0.1) is 6.92 Å². The van der Waals surface area contributed by atoms with E-state index in [1.807, 2.05) is 19.1 Å². The Hall–Kier alpha value is -1.46. The van der Waals surface area contributed by atoms with Crippen molar-refractivity contribution in [2.75, 3.05) is 26.2 Å². The lowest BCUT2D eigenvalue weighted by Crippen LogP contribution is -2.43. The van der Waals surface area contributed by atoms with Gasteiger partial charge in [-0.05, 0) is 37.9 Å². The summed E-state index contributed by atoms with van der Waals surface area (Å²) in [6.07, 6.45) is 3.86. The van der Waals surface area contributed by atoms with Crippen LogP contribution < -0.4 is 5.32 Å². The first-order valence-corrected chi connectivity index (χ1v) is 6.77. The van der Waals surface area contributed by atoms with E-state index in [2.05, 4.69) is 10.3 Å². The Morgan fingerprint density at radius 2 is 2.47 bits per heavy atom. The first-order chi connectivity index (χ1) is 9.22. The van der Waals surface area contributed by atoms with E-state index >= 15 is 0 Å². The summed E-state index contributed by atoms with van der Waals surface area (Å²) in [7, 11) is 0. The van der Waals surface area contributed by atoms with Crippen LogP contribution in [0.2, 0.25) is 0 Å². The van der Waals surface area contributed by atoms with Gasteiger partial charge < -0.3 is 15.3 Å². The fourth-order valence-corrected chi connectivity index (χ4v) is 2.43. The van der Waals surface area contributed by atoms with Gasteiger partial charge in [0.05, 0.1) is 6.61 Å². The van der Waals surface area contributed by atoms with E-state index in [4.69, 9.17) is 5.11 Å². The quantitative estimate of drug-likeness (QED) is 0.815. The second-order valence-corrected chi connectivity index (χ2v) is 4.94. The zero-order valence-corrected chi connectivity index (χ0v) is 11.3. The van der Waals surface area contributed by atoms with Gasteiger partial charge in [-0.25, -0.2) is 0 Å². The van der Waals surface area contributed by atoms with Crippen LogP contribution in [-0.4, -0.2) is 53.2 Å². The van der Waals surface area contributed by atoms with Crippen molar-refractivity contribution in [3.63, 3.8) is 0 Å². The van der Waals surface area contributed by atoms with Gasteiger partial charge >= 0.3 is 0 Å². The molecule has 0 saturated carbocycles. The summed E-state index contributed by atoms with van der Waals surface area (Å²) in [6.45, 7) is 3.85. The molecule has 0 bridgehead atoms. The highest BCUT2D eigenvalue weighted by Gasteiger charge is 2.23. The van der Waals surface area contributed by atoms with E-state index in [1.54, 1.807) is 11.1 Å². The van der Waals surface area contributed by atoms with Crippen molar-refractivity contribution in [3.05, 3.63) is 29.6 Å². The molecule has 1 aromatic rings. The van der Waals surface area contributed by atoms with Crippen LogP contribution in [0.5, 0.6) is 0 Å². The third-order valence-electron chi connectivity index (χ3n) is 3.47. The van der Waals surface area contributed by atoms with Crippen LogP contribution in [-0.2, 0) is 0 Å². The number of amides is 1. The maximum atomic E-state index is 12.5. The predicted octanol–water partition coefficient (Wildman–Crippen LogP) is 0.577. The maximum Gasteiger partial charge on any atom is 0.272 e. The van der Waals surface area contributed by atoms with Crippen molar-refractivity contribution in [2.24, 2.45) is 0 Å². The molecule has 19 heavy (non-hydrogen) atoms. The number of rotatable bonds is 5. The van der Waals surface area contributed by atoms with Crippen LogP contribution in [0.1, 0.15) is 28.9 Å². The average molecular weight is 263 g/mol. The molecule has 5 nitrogen and oxygen atoms in total. The van der Waals surface area contributed by atoms with Crippen molar-refractivity contribution < 1.29 is 9.90 Å². The number of aryl methyl sites for hydroxylation is 1. The van der Waals surface area contributed by atoms with Crippen LogP contribution in [0.25, 0.3) is 0 Å². The van der Waals surface area contributed by atoms with Crippen molar-refractivity contribution in [3.8, 4) is 0 Å². The molecule has 2 heterocycles. The zero-order valence-electron chi connectivity index (χ0n) is 11.3. The standard InChI is InChI=1S/C14H21N3O2/c1-11-4-2-7-16-13(11)14(19)17(8-9-18)10-12-5-3-6-15-12/h2,4,7,12,15,18H,3,5-6,8-10H2,1H3. The Morgan fingerprint density at radius 1 is 1.63 bits per heavy atom. The van der Waals surface area contributed by atoms with Gasteiger partial charge in [0.25, 0.3) is 5.91 Å². The number of carbonyl (C=O) groups is 1. The van der Waals surface area contributed by atoms with E-state index in [9.17, 15) is 4.79 Å². The lowest BCUT2D eigenvalue weighted by atomic mass is 10.1. The van der Waals surface area contributed by atoms with E-state index in [0.717, 1.165) is 24.9 Å². The topological polar surface area (TPSA) is 65.5 Å². The minimum Gasteiger partial charge on any atom is -0.395 e. The van der Waals surface area contributed by atoms with Crippen molar-refractivity contribution in [2.45, 2.75) is 25.8 Å². The zero-order chi connectivity index (χ0) is 13.7. The number of aromatic nitrogens is 1. The third kappa shape index (κ3) is 3.52. The molecule has 1 aliphatic heterocycles. The number of hydrogen-bond acceptors (Lipinski definition) is 4. The molecule has 5 heteroatoms. The van der Waals surface area contributed by atoms with Crippen LogP contribution >= 0.6 is 0 Å². The highest BCUT2D eigenvalue weighted by Crippen LogP contribution is 2.11. The smallest absolute Gasteiger partial charge is 0.272 e. The molecule has 1 unspecified atom stereocenters. The van der Waals surface area contributed by atoms with Gasteiger partial charge in [-0.15, -0.1) is 0 Å². The van der Waals surface area contributed by atoms with Crippen molar-refractivity contribution in [1.82, 2.24) is 15.2 Å². The van der Waals surface area contributed by atoms with Gasteiger partial charge in [-0.2, -0.15) is 0 Å². The molecule has 0 radical (unpaired) electrons. The summed E-state index contributed by atoms with van der Waals surface area (Å²) in [4.78, 5) is 18.3. The van der Waals surface area contributed by atoms with Gasteiger partial charge in [-0.1, -0.05) is 6.07 Å². The molecule has 1 saturated heterocycles. The largest absolute Gasteiger partial charge is 0.395 e. The van der Waals surface area contributed by atoms with Crippen molar-refractivity contribution in [1.29, 1.82) is 0 Å². The van der Waals surface area contributed by atoms with E-state index in [0.29, 0.717) is 24.8 Å². The number of nitrogens with zero attached hydrogens (tertiary/aromatic N) is 2. The number of aliphatic hydroxyl groups excluding tert-OH is 1. The Kier molecular flexibility index (Phi) is 4.87. The molecule has 0 spiro atoms. The number of carbonyl (C=O) groups excluding carboxylic acids is 1. The number of hydrogen-bond donors (Lipinski definition) is 2. The van der Waals surface area contributed by atoms with Gasteiger partial charge in [0, 0.05) is 25.3 Å². The molecule has 2 rings (SSSR count). The summed E-state index contributed by atoms with van der Waals surface area (Å²) < 4.78 is 0. The molecule has 0 aliphatic carbocycles. The lowest BCUT2D eigenvalue weighted by Gasteiger charge is -2.25. The predicted molar refractivity (Wildman–Crippen MR) is 73.0 cm³/mol. The average Bonchev–Trinajstić information content (AvgIpc) is 2.91. The lowest BCUT2D eigenvalue weighted by molar-refractivity contribution is 0.0700. The first-order valence-electron chi connectivity index (χ1n) is 6.77. The van der Waals surface area contributed by atoms with Gasteiger partial charge in [0.15, 0.2) is 0 Å². The van der Waals surface area contributed by atoms with Gasteiger partial charge in [-0.3, -0.25) is 9.78 Å². The van der Waals surface area contributed by atoms with E-state index < -0.39 is 0 Å². The molecular formula is C14H21N3O2. The molecular weight excluding hydrogens is 242 g/mol. The SMILES string of the molecule is Cc1cccnc1C(=O)N(CCO)CC1CCCN1. The van der Waals surface area contributed by atoms with E-state index in [1.165, 1.54) is 0 Å². The first kappa shape index (κ1) is 14.0. The molecule has 1 aliphatic rings. The van der Waals surface area contributed by atoms with Gasteiger partial charge in [0.1, 0.15) is 5.69 Å². The number of nitrogens with one attached hydrogen (secondary N) is 1. The summed E-state index contributed by atoms with van der Waals surface area (Å²) in [6, 6.07) is 4.03. The normalized spacial score (nSPS) is 18.5. The fraction of sp³-hybridized carbons (Fsp3) is 0.571. The second-order valence-electron chi connectivity index (χ2n) is 4.94. The minimum atomic E-state index is -0.0964. The second kappa shape index (κ2) is 6.63. The number of aliphatic hydroxyl groups is 1. The molecule has 1 aromatic heterocycles. The fourth-order valence-electron chi connectivity index (χ4n) is 2.43. The Morgan fingerprint density at radius 3 is 3.11 bits per heavy atom. The minimum absolute atomic E-state index is 0.0235. The Balaban J connectivity index is 2.09. The van der Waals surface area contributed by atoms with Crippen molar-refractivity contribution >= 4 is 5.91 Å². The molecule has 1 atom stereocenters. The summed E-state index contributed by atoms with van der Waals surface area (Å²) in [5.74, 6) is -0.0964. The Bertz CT molecular complexity index is 430. The van der Waals surface area contributed by atoms with Gasteiger partial charge in [0.2, 0.25) is 0 Å². The summed E-state index contributed by atoms with van der Waals surface area (Å²) >= 11 is 0. The van der Waals surface area contributed by atoms with Crippen LogP contribution in [0.4, 0.5) is 0 Å². The highest BCUT2D eigenvalue weighted by molar-refractivity contribution is 5.93. The molecule has 2 N–H and O–H groups in total. The van der Waals surface area contributed by atoms with Crippen LogP contribution in [0.3, 0.4) is 0 Å². The Labute approximate surface area is 113 Å². The van der Waals surface area contributed by atoms with Crippen LogP contribution in [0.15, 0.2) is 18.3 Å². The molecule has 104 valence electrons. The molecule has 1 amide bonds. The monoisotopic (exact) mass is 263 g/mol. The molecule has 1 fully saturated rings. The maximum absolute atomic E-state index is 12.5. The summed E-state index contributed by atoms with van der Waals surface area (Å²) in [5, 5.41) is 12.5. The van der Waals surface area contributed by atoms with E-state index in [-0.39, 0.29) is 12.5 Å². The molecule has 0 aromatic carbocycles. The number of pyridine rings is 1.